The Labute approximate surface area is 152 Å². The summed E-state index contributed by atoms with van der Waals surface area (Å²) in [5.41, 5.74) is 1.91. The molecule has 0 bridgehead atoms. The lowest BCUT2D eigenvalue weighted by atomic mass is 10.2. The monoisotopic (exact) mass is 380 g/mol. The highest BCUT2D eigenvalue weighted by Gasteiger charge is 2.21. The molecule has 0 aliphatic carbocycles. The number of nitrogens with zero attached hydrogens (tertiary/aromatic N) is 2. The van der Waals surface area contributed by atoms with E-state index in [2.05, 4.69) is 15.8 Å². The van der Waals surface area contributed by atoms with E-state index in [1.165, 1.54) is 35.1 Å². The Morgan fingerprint density at radius 3 is 2.92 bits per heavy atom. The summed E-state index contributed by atoms with van der Waals surface area (Å²) in [4.78, 5) is 21.3. The van der Waals surface area contributed by atoms with Crippen molar-refractivity contribution in [2.75, 3.05) is 11.9 Å². The summed E-state index contributed by atoms with van der Waals surface area (Å²) in [6.45, 7) is 2.18. The molecule has 26 heavy (non-hydrogen) atoms. The van der Waals surface area contributed by atoms with Gasteiger partial charge in [0.05, 0.1) is 23.5 Å². The number of aromatic nitrogens is 2. The molecule has 0 radical (unpaired) electrons. The average Bonchev–Trinajstić information content (AvgIpc) is 3.08. The molecule has 9 heteroatoms. The van der Waals surface area contributed by atoms with Crippen molar-refractivity contribution in [1.82, 2.24) is 14.9 Å². The second-order valence-electron chi connectivity index (χ2n) is 5.42. The maximum Gasteiger partial charge on any atom is 0.278 e. The Bertz CT molecular complexity index is 961. The molecule has 1 amide bonds. The third-order valence-corrected chi connectivity index (χ3v) is 3.76. The second kappa shape index (κ2) is 7.67. The molecule has 3 aromatic rings. The van der Waals surface area contributed by atoms with Crippen molar-refractivity contribution >= 4 is 34.5 Å². The number of carbonyl (C=O) groups is 1. The van der Waals surface area contributed by atoms with Crippen LogP contribution in [0.2, 0.25) is 5.02 Å². The van der Waals surface area contributed by atoms with E-state index in [0.29, 0.717) is 13.0 Å². The van der Waals surface area contributed by atoms with Crippen molar-refractivity contribution in [3.8, 4) is 0 Å². The van der Waals surface area contributed by atoms with Crippen LogP contribution in [0.4, 0.5) is 20.2 Å². The zero-order valence-electron chi connectivity index (χ0n) is 13.7. The molecule has 2 N–H and O–H groups in total. The number of fused-ring (bicyclic) bond motifs is 1. The van der Waals surface area contributed by atoms with Crippen LogP contribution < -0.4 is 10.8 Å². The van der Waals surface area contributed by atoms with Crippen molar-refractivity contribution < 1.29 is 18.4 Å². The number of hydroxylamine groups is 1. The fraction of sp³-hybridized carbons (Fsp3) is 0.176. The van der Waals surface area contributed by atoms with E-state index in [1.54, 1.807) is 0 Å². The minimum atomic E-state index is -0.799. The van der Waals surface area contributed by atoms with Crippen molar-refractivity contribution in [3.63, 3.8) is 0 Å². The van der Waals surface area contributed by atoms with Gasteiger partial charge < -0.3 is 9.72 Å². The molecule has 0 unspecified atom stereocenters. The second-order valence-corrected chi connectivity index (χ2v) is 5.86. The highest BCUT2D eigenvalue weighted by atomic mass is 35.5. The van der Waals surface area contributed by atoms with Gasteiger partial charge in [-0.3, -0.25) is 9.63 Å². The Kier molecular flexibility index (Phi) is 5.34. The lowest BCUT2D eigenvalue weighted by Crippen LogP contribution is -2.25. The molecule has 2 heterocycles. The van der Waals surface area contributed by atoms with Gasteiger partial charge in [-0.1, -0.05) is 18.5 Å². The highest BCUT2D eigenvalue weighted by Crippen LogP contribution is 2.29. The van der Waals surface area contributed by atoms with Gasteiger partial charge in [-0.05, 0) is 24.6 Å². The van der Waals surface area contributed by atoms with E-state index < -0.39 is 17.5 Å². The Morgan fingerprint density at radius 1 is 1.38 bits per heavy atom. The Morgan fingerprint density at radius 2 is 2.19 bits per heavy atom. The molecule has 1 aromatic carbocycles. The standard InChI is InChI=1S/C17H15ClF2N4O2/c1-2-7-26-23-17(25)11-9-24-6-5-21-16(24)14(20)15(11)22-13-4-3-10(18)8-12(13)19/h3-6,8-9,22H,2,7H2,1H3,(H,23,25). The van der Waals surface area contributed by atoms with Gasteiger partial charge in [0.15, 0.2) is 11.5 Å². The van der Waals surface area contributed by atoms with Crippen LogP contribution in [0.15, 0.2) is 36.8 Å². The summed E-state index contributed by atoms with van der Waals surface area (Å²) in [5, 5.41) is 2.81. The Hall–Kier alpha value is -2.71. The molecule has 2 aromatic heterocycles. The van der Waals surface area contributed by atoms with Crippen LogP contribution in [-0.4, -0.2) is 21.9 Å². The van der Waals surface area contributed by atoms with Crippen LogP contribution in [0.3, 0.4) is 0 Å². The molecule has 0 aliphatic heterocycles. The highest BCUT2D eigenvalue weighted by molar-refractivity contribution is 6.30. The molecule has 0 aliphatic rings. The molecule has 0 atom stereocenters. The van der Waals surface area contributed by atoms with Crippen molar-refractivity contribution in [2.45, 2.75) is 13.3 Å². The van der Waals surface area contributed by atoms with Crippen LogP contribution in [0.25, 0.3) is 5.65 Å². The van der Waals surface area contributed by atoms with Crippen molar-refractivity contribution in [1.29, 1.82) is 0 Å². The fourth-order valence-corrected chi connectivity index (χ4v) is 2.47. The van der Waals surface area contributed by atoms with E-state index in [1.807, 2.05) is 6.92 Å². The third kappa shape index (κ3) is 3.61. The van der Waals surface area contributed by atoms with Crippen LogP contribution >= 0.6 is 11.6 Å². The number of hydrogen-bond acceptors (Lipinski definition) is 4. The van der Waals surface area contributed by atoms with Gasteiger partial charge in [0.25, 0.3) is 5.91 Å². The van der Waals surface area contributed by atoms with Gasteiger partial charge in [-0.15, -0.1) is 0 Å². The molecular weight excluding hydrogens is 366 g/mol. The van der Waals surface area contributed by atoms with Gasteiger partial charge in [0, 0.05) is 23.6 Å². The Balaban J connectivity index is 2.04. The average molecular weight is 381 g/mol. The van der Waals surface area contributed by atoms with Gasteiger partial charge in [-0.2, -0.15) is 0 Å². The first-order valence-electron chi connectivity index (χ1n) is 7.80. The molecule has 6 nitrogen and oxygen atoms in total. The van der Waals surface area contributed by atoms with Gasteiger partial charge in [0.1, 0.15) is 5.82 Å². The molecule has 3 rings (SSSR count). The first-order chi connectivity index (χ1) is 12.5. The van der Waals surface area contributed by atoms with Crippen LogP contribution in [0.1, 0.15) is 23.7 Å². The minimum Gasteiger partial charge on any atom is -0.350 e. The number of halogens is 3. The first kappa shape index (κ1) is 18.1. The smallest absolute Gasteiger partial charge is 0.278 e. The number of carbonyl (C=O) groups excluding carboxylic acids is 1. The lowest BCUT2D eigenvalue weighted by molar-refractivity contribution is 0.0315. The third-order valence-electron chi connectivity index (χ3n) is 3.53. The maximum absolute atomic E-state index is 14.9. The number of rotatable bonds is 6. The number of pyridine rings is 1. The summed E-state index contributed by atoms with van der Waals surface area (Å²) in [7, 11) is 0. The quantitative estimate of drug-likeness (QED) is 0.499. The summed E-state index contributed by atoms with van der Waals surface area (Å²) in [5.74, 6) is -2.16. The van der Waals surface area contributed by atoms with E-state index in [4.69, 9.17) is 16.4 Å². The van der Waals surface area contributed by atoms with E-state index >= 15 is 0 Å². The predicted octanol–water partition coefficient (Wildman–Crippen LogP) is 4.08. The number of benzene rings is 1. The first-order valence-corrected chi connectivity index (χ1v) is 8.18. The van der Waals surface area contributed by atoms with Crippen LogP contribution in [-0.2, 0) is 4.84 Å². The minimum absolute atomic E-state index is 0.00658. The van der Waals surface area contributed by atoms with E-state index in [9.17, 15) is 13.6 Å². The topological polar surface area (TPSA) is 67.7 Å². The lowest BCUT2D eigenvalue weighted by Gasteiger charge is -2.15. The molecule has 136 valence electrons. The molecule has 0 saturated carbocycles. The van der Waals surface area contributed by atoms with E-state index in [0.717, 1.165) is 6.07 Å². The zero-order valence-corrected chi connectivity index (χ0v) is 14.5. The predicted molar refractivity (Wildman–Crippen MR) is 93.6 cm³/mol. The number of nitrogens with one attached hydrogen (secondary N) is 2. The largest absolute Gasteiger partial charge is 0.350 e. The molecular formula is C17H15ClF2N4O2. The van der Waals surface area contributed by atoms with Crippen LogP contribution in [0.5, 0.6) is 0 Å². The molecule has 0 spiro atoms. The summed E-state index contributed by atoms with van der Waals surface area (Å²) in [6.07, 6.45) is 4.96. The number of anilines is 2. The summed E-state index contributed by atoms with van der Waals surface area (Å²) >= 11 is 5.73. The van der Waals surface area contributed by atoms with Gasteiger partial charge in [-0.25, -0.2) is 19.2 Å². The normalized spacial score (nSPS) is 10.9. The summed E-state index contributed by atoms with van der Waals surface area (Å²) < 4.78 is 30.3. The van der Waals surface area contributed by atoms with Gasteiger partial charge in [0.2, 0.25) is 0 Å². The summed E-state index contributed by atoms with van der Waals surface area (Å²) in [6, 6.07) is 3.88. The SMILES string of the molecule is CCCONC(=O)c1cn2ccnc2c(F)c1Nc1ccc(Cl)cc1F. The fourth-order valence-electron chi connectivity index (χ4n) is 2.31. The zero-order chi connectivity index (χ0) is 18.7. The molecule has 0 saturated heterocycles. The maximum atomic E-state index is 14.9. The number of amides is 1. The van der Waals surface area contributed by atoms with Gasteiger partial charge >= 0.3 is 0 Å². The van der Waals surface area contributed by atoms with Crippen LogP contribution in [0, 0.1) is 11.6 Å². The molecule has 0 fully saturated rings. The number of hydrogen-bond donors (Lipinski definition) is 2. The van der Waals surface area contributed by atoms with E-state index in [-0.39, 0.29) is 27.6 Å². The number of imidazole rings is 1. The van der Waals surface area contributed by atoms with Crippen molar-refractivity contribution in [2.24, 2.45) is 0 Å². The van der Waals surface area contributed by atoms with Crippen molar-refractivity contribution in [3.05, 3.63) is 59.0 Å².